The smallest absolute Gasteiger partial charge is 0.165 e. The van der Waals surface area contributed by atoms with Crippen LogP contribution in [0.2, 0.25) is 0 Å². The number of aromatic nitrogens is 4. The molecule has 0 aliphatic heterocycles. The largest absolute Gasteiger partial charge is 0.383 e. The van der Waals surface area contributed by atoms with Crippen molar-refractivity contribution in [1.29, 1.82) is 0 Å². The third-order valence-electron chi connectivity index (χ3n) is 6.81. The summed E-state index contributed by atoms with van der Waals surface area (Å²) in [7, 11) is 1.70. The van der Waals surface area contributed by atoms with E-state index in [0.29, 0.717) is 30.9 Å². The highest BCUT2D eigenvalue weighted by Crippen LogP contribution is 2.40. The van der Waals surface area contributed by atoms with Crippen LogP contribution in [0.25, 0.3) is 28.0 Å². The Morgan fingerprint density at radius 3 is 2.51 bits per heavy atom. The minimum Gasteiger partial charge on any atom is -0.383 e. The van der Waals surface area contributed by atoms with Crippen LogP contribution in [0, 0.1) is 5.92 Å². The second kappa shape index (κ2) is 10.8. The zero-order valence-electron chi connectivity index (χ0n) is 19.9. The van der Waals surface area contributed by atoms with Crippen molar-refractivity contribution in [1.82, 2.24) is 19.6 Å². The van der Waals surface area contributed by atoms with Crippen molar-refractivity contribution in [3.63, 3.8) is 0 Å². The van der Waals surface area contributed by atoms with Crippen molar-refractivity contribution in [2.75, 3.05) is 32.7 Å². The lowest BCUT2D eigenvalue weighted by Gasteiger charge is -2.29. The molecule has 1 fully saturated rings. The number of benzene rings is 1. The third kappa shape index (κ3) is 5.10. The highest BCUT2D eigenvalue weighted by molar-refractivity contribution is 9.10. The van der Waals surface area contributed by atoms with Crippen molar-refractivity contribution in [2.45, 2.75) is 31.6 Å². The number of nitrogens with zero attached hydrogens (tertiary/aromatic N) is 4. The minimum atomic E-state index is 0.355. The van der Waals surface area contributed by atoms with E-state index < -0.39 is 0 Å². The Hall–Kier alpha value is -2.81. The first kappa shape index (κ1) is 23.9. The molecule has 1 aliphatic rings. The zero-order valence-corrected chi connectivity index (χ0v) is 21.4. The molecule has 0 unspecified atom stereocenters. The Kier molecular flexibility index (Phi) is 7.41. The Labute approximate surface area is 213 Å². The lowest BCUT2D eigenvalue weighted by molar-refractivity contribution is 0.0424. The summed E-state index contributed by atoms with van der Waals surface area (Å²) in [5.41, 5.74) is 12.2. The van der Waals surface area contributed by atoms with Crippen molar-refractivity contribution in [3.05, 3.63) is 65.0 Å². The van der Waals surface area contributed by atoms with Gasteiger partial charge in [0.25, 0.3) is 0 Å². The average Bonchev–Trinajstić information content (AvgIpc) is 3.34. The summed E-state index contributed by atoms with van der Waals surface area (Å²) in [6.07, 6.45) is 8.07. The molecule has 182 valence electrons. The van der Waals surface area contributed by atoms with E-state index in [2.05, 4.69) is 44.2 Å². The molecule has 3 aromatic heterocycles. The van der Waals surface area contributed by atoms with Gasteiger partial charge in [0.15, 0.2) is 5.65 Å². The van der Waals surface area contributed by atoms with Gasteiger partial charge in [0.05, 0.1) is 35.3 Å². The summed E-state index contributed by atoms with van der Waals surface area (Å²) in [5, 5.41) is 4.53. The maximum Gasteiger partial charge on any atom is 0.165 e. The van der Waals surface area contributed by atoms with E-state index in [1.54, 1.807) is 11.6 Å². The zero-order chi connectivity index (χ0) is 24.2. The number of ether oxygens (including phenoxy) is 2. The molecule has 2 N–H and O–H groups in total. The molecule has 0 atom stereocenters. The number of nitrogens with two attached hydrogens (primary N) is 1. The van der Waals surface area contributed by atoms with E-state index in [1.165, 1.54) is 0 Å². The summed E-state index contributed by atoms with van der Waals surface area (Å²) in [5.74, 6) is 1.52. The van der Waals surface area contributed by atoms with Gasteiger partial charge in [-0.25, -0.2) is 4.98 Å². The van der Waals surface area contributed by atoms with Crippen LogP contribution in [-0.4, -0.2) is 46.5 Å². The van der Waals surface area contributed by atoms with Gasteiger partial charge in [0, 0.05) is 42.5 Å². The first-order chi connectivity index (χ1) is 17.2. The molecule has 7 nitrogen and oxygen atoms in total. The number of methoxy groups -OCH3 is 1. The molecular formula is C27H30BrN5O2. The van der Waals surface area contributed by atoms with Crippen LogP contribution >= 0.6 is 15.9 Å². The monoisotopic (exact) mass is 535 g/mol. The number of nitrogen functional groups attached to an aromatic ring is 1. The number of fused-ring (bicyclic) bond motifs is 1. The number of hydrogen-bond donors (Lipinski definition) is 1. The van der Waals surface area contributed by atoms with Crippen molar-refractivity contribution < 1.29 is 9.47 Å². The molecular weight excluding hydrogens is 506 g/mol. The van der Waals surface area contributed by atoms with Gasteiger partial charge in [-0.3, -0.25) is 4.98 Å². The minimum absolute atomic E-state index is 0.355. The molecule has 1 aromatic carbocycles. The number of pyridine rings is 1. The summed E-state index contributed by atoms with van der Waals surface area (Å²) < 4.78 is 13.4. The molecule has 1 aliphatic carbocycles. The lowest BCUT2D eigenvalue weighted by Crippen LogP contribution is -2.20. The molecule has 1 saturated carbocycles. The third-order valence-corrected chi connectivity index (χ3v) is 7.62. The molecule has 4 aromatic rings. The fraction of sp³-hybridized carbons (Fsp3) is 0.370. The van der Waals surface area contributed by atoms with Crippen LogP contribution in [0.1, 0.15) is 37.3 Å². The summed E-state index contributed by atoms with van der Waals surface area (Å²) in [6, 6.07) is 14.3. The molecule has 0 bridgehead atoms. The molecule has 5 rings (SSSR count). The fourth-order valence-electron chi connectivity index (χ4n) is 4.82. The van der Waals surface area contributed by atoms with Gasteiger partial charge in [-0.2, -0.15) is 9.61 Å². The predicted octanol–water partition coefficient (Wildman–Crippen LogP) is 5.74. The normalized spacial score (nSPS) is 18.2. The van der Waals surface area contributed by atoms with Crippen molar-refractivity contribution in [3.8, 4) is 22.4 Å². The standard InChI is InChI=1S/C27H30BrN5O2/c1-34-13-14-35-17-18-7-9-20(10-8-18)25-24(28)26(29)33-27(32-25)22(16-31-33)21-11-12-23(30-15-21)19-5-3-2-4-6-19/h2-6,11-12,15-16,18,20H,7-10,13-14,17,29H2,1H3. The van der Waals surface area contributed by atoms with E-state index in [0.717, 1.165) is 70.5 Å². The van der Waals surface area contributed by atoms with Gasteiger partial charge < -0.3 is 15.2 Å². The van der Waals surface area contributed by atoms with Crippen LogP contribution in [0.3, 0.4) is 0 Å². The van der Waals surface area contributed by atoms with E-state index in [-0.39, 0.29) is 0 Å². The van der Waals surface area contributed by atoms with E-state index in [9.17, 15) is 0 Å². The van der Waals surface area contributed by atoms with E-state index in [4.69, 9.17) is 20.2 Å². The van der Waals surface area contributed by atoms with Gasteiger partial charge in [-0.1, -0.05) is 36.4 Å². The van der Waals surface area contributed by atoms with Crippen LogP contribution in [0.15, 0.2) is 59.3 Å². The van der Waals surface area contributed by atoms with Crippen molar-refractivity contribution in [2.24, 2.45) is 5.92 Å². The van der Waals surface area contributed by atoms with E-state index in [1.807, 2.05) is 36.7 Å². The number of anilines is 1. The Balaban J connectivity index is 1.37. The van der Waals surface area contributed by atoms with Gasteiger partial charge in [-0.05, 0) is 53.6 Å². The Morgan fingerprint density at radius 2 is 1.80 bits per heavy atom. The van der Waals surface area contributed by atoms with Crippen LogP contribution in [0.4, 0.5) is 5.82 Å². The highest BCUT2D eigenvalue weighted by atomic mass is 79.9. The number of hydrogen-bond acceptors (Lipinski definition) is 6. The van der Waals surface area contributed by atoms with Gasteiger partial charge in [0.1, 0.15) is 5.82 Å². The second-order valence-electron chi connectivity index (χ2n) is 9.07. The molecule has 0 spiro atoms. The molecule has 0 amide bonds. The Bertz CT molecular complexity index is 1270. The molecule has 8 heteroatoms. The topological polar surface area (TPSA) is 87.6 Å². The van der Waals surface area contributed by atoms with Crippen LogP contribution < -0.4 is 5.73 Å². The SMILES string of the molecule is COCCOCC1CCC(c2nc3c(-c4ccc(-c5ccccc5)nc4)cnn3c(N)c2Br)CC1. The molecule has 0 radical (unpaired) electrons. The molecule has 0 saturated heterocycles. The predicted molar refractivity (Wildman–Crippen MR) is 141 cm³/mol. The number of rotatable bonds is 8. The molecule has 3 heterocycles. The summed E-state index contributed by atoms with van der Waals surface area (Å²) in [6.45, 7) is 2.09. The number of halogens is 1. The van der Waals surface area contributed by atoms with Gasteiger partial charge in [0.2, 0.25) is 0 Å². The maximum atomic E-state index is 6.50. The first-order valence-electron chi connectivity index (χ1n) is 12.1. The van der Waals surface area contributed by atoms with Crippen molar-refractivity contribution >= 4 is 27.4 Å². The maximum absolute atomic E-state index is 6.50. The molecule has 35 heavy (non-hydrogen) atoms. The van der Waals surface area contributed by atoms with E-state index >= 15 is 0 Å². The lowest BCUT2D eigenvalue weighted by atomic mass is 9.80. The summed E-state index contributed by atoms with van der Waals surface area (Å²) >= 11 is 3.71. The first-order valence-corrected chi connectivity index (χ1v) is 12.9. The van der Waals surface area contributed by atoms with Crippen LogP contribution in [0.5, 0.6) is 0 Å². The highest BCUT2D eigenvalue weighted by Gasteiger charge is 2.27. The van der Waals surface area contributed by atoms with Crippen LogP contribution in [-0.2, 0) is 9.47 Å². The quantitative estimate of drug-likeness (QED) is 0.289. The summed E-state index contributed by atoms with van der Waals surface area (Å²) in [4.78, 5) is 9.77. The average molecular weight is 536 g/mol. The van der Waals surface area contributed by atoms with Gasteiger partial charge in [-0.15, -0.1) is 0 Å². The Morgan fingerprint density at radius 1 is 1.00 bits per heavy atom. The fourth-order valence-corrected chi connectivity index (χ4v) is 5.40. The van der Waals surface area contributed by atoms with Gasteiger partial charge >= 0.3 is 0 Å². The second-order valence-corrected chi connectivity index (χ2v) is 9.87.